The number of nitrogens with zero attached hydrogens (tertiary/aromatic N) is 2. The lowest BCUT2D eigenvalue weighted by Crippen LogP contribution is -2.21. The van der Waals surface area contributed by atoms with Crippen molar-refractivity contribution in [2.75, 3.05) is 20.8 Å². The van der Waals surface area contributed by atoms with Gasteiger partial charge in [0.25, 0.3) is 5.56 Å². The van der Waals surface area contributed by atoms with Gasteiger partial charge in [-0.3, -0.25) is 9.69 Å². The second kappa shape index (κ2) is 8.53. The monoisotopic (exact) mass is 401 g/mol. The highest BCUT2D eigenvalue weighted by Gasteiger charge is 2.20. The molecule has 0 radical (unpaired) electrons. The molecule has 3 rings (SSSR count). The summed E-state index contributed by atoms with van der Waals surface area (Å²) in [6.45, 7) is 5.50. The second-order valence-electron chi connectivity index (χ2n) is 6.49. The molecule has 0 fully saturated rings. The summed E-state index contributed by atoms with van der Waals surface area (Å²) in [5.74, 6) is 0.956. The number of aromatic nitrogens is 2. The van der Waals surface area contributed by atoms with Gasteiger partial charge < -0.3 is 14.5 Å². The number of ether oxygens (including phenoxy) is 2. The van der Waals surface area contributed by atoms with Crippen LogP contribution in [0.3, 0.4) is 0 Å². The number of thiophene rings is 1. The third-order valence-electron chi connectivity index (χ3n) is 4.33. The number of carbonyl (C=O) groups excluding carboxylic acids is 1. The van der Waals surface area contributed by atoms with Crippen molar-refractivity contribution < 1.29 is 14.3 Å². The van der Waals surface area contributed by atoms with Gasteiger partial charge in [-0.1, -0.05) is 12.1 Å². The van der Waals surface area contributed by atoms with Crippen molar-refractivity contribution in [2.45, 2.75) is 26.9 Å². The number of H-pyrrole nitrogens is 1. The number of fused-ring (bicyclic) bond motifs is 1. The summed E-state index contributed by atoms with van der Waals surface area (Å²) in [6, 6.07) is 7.93. The van der Waals surface area contributed by atoms with E-state index in [1.54, 1.807) is 6.92 Å². The summed E-state index contributed by atoms with van der Waals surface area (Å²) in [6.07, 6.45) is 0. The Morgan fingerprint density at radius 2 is 1.96 bits per heavy atom. The quantitative estimate of drug-likeness (QED) is 0.613. The van der Waals surface area contributed by atoms with E-state index in [0.717, 1.165) is 11.3 Å². The lowest BCUT2D eigenvalue weighted by Gasteiger charge is -2.16. The normalized spacial score (nSPS) is 11.2. The minimum atomic E-state index is -0.450. The number of rotatable bonds is 7. The van der Waals surface area contributed by atoms with Gasteiger partial charge in [0.05, 0.1) is 25.6 Å². The Morgan fingerprint density at radius 3 is 2.61 bits per heavy atom. The Balaban J connectivity index is 1.78. The molecule has 148 valence electrons. The van der Waals surface area contributed by atoms with Crippen LogP contribution < -0.4 is 10.3 Å². The minimum absolute atomic E-state index is 0.238. The molecule has 28 heavy (non-hydrogen) atoms. The highest BCUT2D eigenvalue weighted by molar-refractivity contribution is 7.20. The predicted octanol–water partition coefficient (Wildman–Crippen LogP) is 3.11. The van der Waals surface area contributed by atoms with Gasteiger partial charge in [-0.05, 0) is 44.2 Å². The van der Waals surface area contributed by atoms with Crippen LogP contribution in [0, 0.1) is 6.92 Å². The fourth-order valence-electron chi connectivity index (χ4n) is 3.03. The number of benzene rings is 1. The van der Waals surface area contributed by atoms with Crippen LogP contribution in [0.2, 0.25) is 0 Å². The van der Waals surface area contributed by atoms with Crippen LogP contribution in [0.4, 0.5) is 0 Å². The van der Waals surface area contributed by atoms with Gasteiger partial charge in [-0.25, -0.2) is 9.78 Å². The summed E-state index contributed by atoms with van der Waals surface area (Å²) in [4.78, 5) is 34.8. The summed E-state index contributed by atoms with van der Waals surface area (Å²) in [5.41, 5.74) is 1.50. The van der Waals surface area contributed by atoms with E-state index in [1.807, 2.05) is 38.2 Å². The number of aryl methyl sites for hydroxylation is 1. The average Bonchev–Trinajstić information content (AvgIpc) is 2.99. The molecule has 0 atom stereocenters. The Morgan fingerprint density at radius 1 is 1.25 bits per heavy atom. The smallest absolute Gasteiger partial charge is 0.348 e. The minimum Gasteiger partial charge on any atom is -0.494 e. The molecule has 8 heteroatoms. The number of nitrogens with one attached hydrogen (secondary N) is 1. The molecule has 2 aromatic heterocycles. The van der Waals surface area contributed by atoms with Crippen molar-refractivity contribution in [3.8, 4) is 5.75 Å². The number of carbonyl (C=O) groups is 1. The Bertz CT molecular complexity index is 1040. The van der Waals surface area contributed by atoms with E-state index in [1.165, 1.54) is 18.4 Å². The highest BCUT2D eigenvalue weighted by atomic mass is 32.1. The first kappa shape index (κ1) is 20.0. The Labute approximate surface area is 166 Å². The van der Waals surface area contributed by atoms with Gasteiger partial charge in [0, 0.05) is 6.54 Å². The molecule has 1 aromatic carbocycles. The van der Waals surface area contributed by atoms with Crippen molar-refractivity contribution in [1.82, 2.24) is 14.9 Å². The standard InChI is InChI=1S/C20H23N3O4S/c1-5-27-14-8-6-13(7-9-14)10-23(3)11-15-21-18(24)16-12(2)17(20(25)26-4)28-19(16)22-15/h6-9H,5,10-11H2,1-4H3,(H,21,22,24). The number of hydrogen-bond donors (Lipinski definition) is 1. The highest BCUT2D eigenvalue weighted by Crippen LogP contribution is 2.27. The average molecular weight is 401 g/mol. The zero-order chi connectivity index (χ0) is 20.3. The molecule has 2 heterocycles. The van der Waals surface area contributed by atoms with Crippen molar-refractivity contribution >= 4 is 27.5 Å². The largest absolute Gasteiger partial charge is 0.494 e. The molecule has 0 saturated heterocycles. The molecule has 0 aliphatic heterocycles. The number of methoxy groups -OCH3 is 1. The Kier molecular flexibility index (Phi) is 6.11. The van der Waals surface area contributed by atoms with Crippen LogP contribution in [-0.4, -0.2) is 41.6 Å². The van der Waals surface area contributed by atoms with E-state index in [2.05, 4.69) is 14.9 Å². The summed E-state index contributed by atoms with van der Waals surface area (Å²) >= 11 is 1.18. The fourth-order valence-corrected chi connectivity index (χ4v) is 4.15. The molecule has 7 nitrogen and oxygen atoms in total. The maximum atomic E-state index is 12.5. The molecule has 0 unspecified atom stereocenters. The summed E-state index contributed by atoms with van der Waals surface area (Å²) in [5, 5.41) is 0.448. The predicted molar refractivity (Wildman–Crippen MR) is 109 cm³/mol. The summed E-state index contributed by atoms with van der Waals surface area (Å²) in [7, 11) is 3.28. The molecule has 0 saturated carbocycles. The molecular weight excluding hydrogens is 378 g/mol. The van der Waals surface area contributed by atoms with Crippen LogP contribution in [0.25, 0.3) is 10.2 Å². The van der Waals surface area contributed by atoms with Crippen LogP contribution in [-0.2, 0) is 17.8 Å². The molecule has 0 aliphatic carbocycles. The van der Waals surface area contributed by atoms with Crippen molar-refractivity contribution in [3.05, 3.63) is 56.4 Å². The SMILES string of the molecule is CCOc1ccc(CN(C)Cc2nc3sc(C(=O)OC)c(C)c3c(=O)[nH]2)cc1. The molecule has 0 aliphatic rings. The van der Waals surface area contributed by atoms with Gasteiger partial charge in [-0.2, -0.15) is 0 Å². The van der Waals surface area contributed by atoms with E-state index in [-0.39, 0.29) is 5.56 Å². The first-order valence-corrected chi connectivity index (χ1v) is 9.75. The van der Waals surface area contributed by atoms with E-state index >= 15 is 0 Å². The third kappa shape index (κ3) is 4.23. The van der Waals surface area contributed by atoms with Gasteiger partial charge in [-0.15, -0.1) is 11.3 Å². The van der Waals surface area contributed by atoms with Crippen LogP contribution >= 0.6 is 11.3 Å². The van der Waals surface area contributed by atoms with Crippen LogP contribution in [0.1, 0.15) is 33.5 Å². The lowest BCUT2D eigenvalue weighted by molar-refractivity contribution is 0.0605. The first-order chi connectivity index (χ1) is 13.4. The second-order valence-corrected chi connectivity index (χ2v) is 7.49. The van der Waals surface area contributed by atoms with Gasteiger partial charge in [0.1, 0.15) is 21.3 Å². The molecule has 1 N–H and O–H groups in total. The molecule has 0 amide bonds. The number of hydrogen-bond acceptors (Lipinski definition) is 7. The van der Waals surface area contributed by atoms with Crippen LogP contribution in [0.15, 0.2) is 29.1 Å². The molecule has 0 bridgehead atoms. The van der Waals surface area contributed by atoms with E-state index in [4.69, 9.17) is 9.47 Å². The molecular formula is C20H23N3O4S. The maximum Gasteiger partial charge on any atom is 0.348 e. The number of aromatic amines is 1. The fraction of sp³-hybridized carbons (Fsp3) is 0.350. The van der Waals surface area contributed by atoms with E-state index in [0.29, 0.717) is 46.2 Å². The van der Waals surface area contributed by atoms with E-state index < -0.39 is 5.97 Å². The van der Waals surface area contributed by atoms with Crippen molar-refractivity contribution in [2.24, 2.45) is 0 Å². The lowest BCUT2D eigenvalue weighted by atomic mass is 10.2. The van der Waals surface area contributed by atoms with Crippen LogP contribution in [0.5, 0.6) is 5.75 Å². The zero-order valence-corrected chi connectivity index (χ0v) is 17.2. The van der Waals surface area contributed by atoms with E-state index in [9.17, 15) is 9.59 Å². The first-order valence-electron chi connectivity index (χ1n) is 8.93. The summed E-state index contributed by atoms with van der Waals surface area (Å²) < 4.78 is 10.2. The molecule has 0 spiro atoms. The Hall–Kier alpha value is -2.71. The van der Waals surface area contributed by atoms with Gasteiger partial charge in [0.15, 0.2) is 0 Å². The van der Waals surface area contributed by atoms with Crippen molar-refractivity contribution in [1.29, 1.82) is 0 Å². The maximum absolute atomic E-state index is 12.5. The van der Waals surface area contributed by atoms with Gasteiger partial charge >= 0.3 is 5.97 Å². The zero-order valence-electron chi connectivity index (χ0n) is 16.4. The topological polar surface area (TPSA) is 84.5 Å². The van der Waals surface area contributed by atoms with Crippen molar-refractivity contribution in [3.63, 3.8) is 0 Å². The third-order valence-corrected chi connectivity index (χ3v) is 5.49. The number of esters is 1. The molecule has 3 aromatic rings. The van der Waals surface area contributed by atoms with Gasteiger partial charge in [0.2, 0.25) is 0 Å².